The quantitative estimate of drug-likeness (QED) is 0.177. The van der Waals surface area contributed by atoms with E-state index in [2.05, 4.69) is 179 Å². The van der Waals surface area contributed by atoms with Crippen LogP contribution in [0.1, 0.15) is 31.2 Å². The first-order chi connectivity index (χ1) is 24.8. The third-order valence-corrected chi connectivity index (χ3v) is 10.7. The van der Waals surface area contributed by atoms with Crippen molar-refractivity contribution < 1.29 is 0 Å². The first-order valence-corrected chi connectivity index (χ1v) is 17.8. The van der Waals surface area contributed by atoms with Gasteiger partial charge in [-0.3, -0.25) is 0 Å². The van der Waals surface area contributed by atoms with Crippen molar-refractivity contribution in [3.63, 3.8) is 0 Å². The molecule has 0 saturated heterocycles. The number of aromatic nitrogens is 2. The lowest BCUT2D eigenvalue weighted by Gasteiger charge is -2.14. The molecule has 0 N–H and O–H groups in total. The summed E-state index contributed by atoms with van der Waals surface area (Å²) in [6.07, 6.45) is 7.42. The van der Waals surface area contributed by atoms with Crippen molar-refractivity contribution in [2.24, 2.45) is 0 Å². The maximum atomic E-state index is 2.43. The van der Waals surface area contributed by atoms with E-state index in [-0.39, 0.29) is 0 Å². The van der Waals surface area contributed by atoms with Crippen LogP contribution in [-0.4, -0.2) is 9.13 Å². The van der Waals surface area contributed by atoms with Gasteiger partial charge < -0.3 is 9.13 Å². The van der Waals surface area contributed by atoms with Crippen LogP contribution in [0.25, 0.3) is 82.8 Å². The Hall–Kier alpha value is -6.12. The van der Waals surface area contributed by atoms with E-state index < -0.39 is 0 Å². The van der Waals surface area contributed by atoms with Gasteiger partial charge in [0.25, 0.3) is 0 Å². The minimum Gasteiger partial charge on any atom is -0.309 e. The molecule has 2 aromatic heterocycles. The van der Waals surface area contributed by atoms with Crippen LogP contribution >= 0.6 is 0 Å². The predicted octanol–water partition coefficient (Wildman–Crippen LogP) is 13.2. The number of fused-ring (bicyclic) bond motifs is 6. The van der Waals surface area contributed by atoms with Gasteiger partial charge in [-0.2, -0.15) is 0 Å². The molecular weight excluding hydrogens is 605 g/mol. The third-order valence-electron chi connectivity index (χ3n) is 10.7. The van der Waals surface area contributed by atoms with E-state index in [1.54, 1.807) is 0 Å². The van der Waals surface area contributed by atoms with Crippen LogP contribution in [0.5, 0.6) is 0 Å². The summed E-state index contributed by atoms with van der Waals surface area (Å²) in [5, 5.41) is 5.08. The molecule has 2 heteroatoms. The molecule has 0 bridgehead atoms. The summed E-state index contributed by atoms with van der Waals surface area (Å²) < 4.78 is 4.82. The molecule has 2 heterocycles. The second-order valence-electron chi connectivity index (χ2n) is 13.6. The zero-order valence-corrected chi connectivity index (χ0v) is 27.9. The Morgan fingerprint density at radius 3 is 1.34 bits per heavy atom. The van der Waals surface area contributed by atoms with E-state index in [1.165, 1.54) is 114 Å². The Kier molecular flexibility index (Phi) is 6.80. The smallest absolute Gasteiger partial charge is 0.0541 e. The number of allylic oxidation sites excluding steroid dienone is 2. The summed E-state index contributed by atoms with van der Waals surface area (Å²) >= 11 is 0. The highest BCUT2D eigenvalue weighted by Crippen LogP contribution is 2.39. The highest BCUT2D eigenvalue weighted by atomic mass is 15.0. The summed E-state index contributed by atoms with van der Waals surface area (Å²) in [7, 11) is 0. The Bertz CT molecular complexity index is 2720. The average Bonchev–Trinajstić information content (AvgIpc) is 3.71. The lowest BCUT2D eigenvalue weighted by atomic mass is 9.94. The SMILES string of the molecule is C1=C(c2ccc(-n3c4ccccc4c4cc(-c5ccc6c(c5)c5ccccc5n6-c5ccc(-c6ccccc6)cc5)ccc43)cc2)CCCC1. The molecular formula is C48H36N2. The maximum Gasteiger partial charge on any atom is 0.0541 e. The molecule has 0 aliphatic heterocycles. The normalized spacial score (nSPS) is 13.4. The highest BCUT2D eigenvalue weighted by molar-refractivity contribution is 6.12. The number of rotatable bonds is 5. The Balaban J connectivity index is 1.07. The molecule has 0 spiro atoms. The molecule has 50 heavy (non-hydrogen) atoms. The van der Waals surface area contributed by atoms with Crippen molar-refractivity contribution in [1.29, 1.82) is 0 Å². The molecule has 2 nitrogen and oxygen atoms in total. The first-order valence-electron chi connectivity index (χ1n) is 17.8. The fourth-order valence-corrected chi connectivity index (χ4v) is 8.22. The van der Waals surface area contributed by atoms with Gasteiger partial charge in [0.2, 0.25) is 0 Å². The summed E-state index contributed by atoms with van der Waals surface area (Å²) in [4.78, 5) is 0. The molecule has 0 amide bonds. The second-order valence-corrected chi connectivity index (χ2v) is 13.6. The van der Waals surface area contributed by atoms with Crippen molar-refractivity contribution in [1.82, 2.24) is 9.13 Å². The number of hydrogen-bond acceptors (Lipinski definition) is 0. The Morgan fingerprint density at radius 1 is 0.340 bits per heavy atom. The molecule has 0 fully saturated rings. The molecule has 0 unspecified atom stereocenters. The van der Waals surface area contributed by atoms with Crippen LogP contribution in [-0.2, 0) is 0 Å². The van der Waals surface area contributed by atoms with Crippen molar-refractivity contribution in [2.75, 3.05) is 0 Å². The Morgan fingerprint density at radius 2 is 0.800 bits per heavy atom. The molecule has 9 aromatic rings. The Labute approximate surface area is 292 Å². The zero-order valence-electron chi connectivity index (χ0n) is 27.9. The average molecular weight is 641 g/mol. The molecule has 0 radical (unpaired) electrons. The summed E-state index contributed by atoms with van der Waals surface area (Å²) in [5.74, 6) is 0. The fourth-order valence-electron chi connectivity index (χ4n) is 8.22. The van der Waals surface area contributed by atoms with Gasteiger partial charge in [-0.15, -0.1) is 0 Å². The van der Waals surface area contributed by atoms with Gasteiger partial charge in [0, 0.05) is 32.9 Å². The lowest BCUT2D eigenvalue weighted by molar-refractivity contribution is 0.742. The van der Waals surface area contributed by atoms with E-state index >= 15 is 0 Å². The predicted molar refractivity (Wildman–Crippen MR) is 212 cm³/mol. The van der Waals surface area contributed by atoms with Crippen LogP contribution in [0.3, 0.4) is 0 Å². The van der Waals surface area contributed by atoms with E-state index in [0.29, 0.717) is 0 Å². The second kappa shape index (κ2) is 11.8. The van der Waals surface area contributed by atoms with Crippen molar-refractivity contribution in [3.8, 4) is 33.6 Å². The molecule has 0 atom stereocenters. The molecule has 10 rings (SSSR count). The maximum absolute atomic E-state index is 2.43. The van der Waals surface area contributed by atoms with E-state index in [1.807, 2.05) is 0 Å². The van der Waals surface area contributed by atoms with Gasteiger partial charge in [-0.05, 0) is 120 Å². The number of benzene rings is 7. The number of para-hydroxylation sites is 2. The molecule has 7 aromatic carbocycles. The molecule has 238 valence electrons. The lowest BCUT2D eigenvalue weighted by Crippen LogP contribution is -1.96. The summed E-state index contributed by atoms with van der Waals surface area (Å²) in [6, 6.07) is 60.3. The largest absolute Gasteiger partial charge is 0.309 e. The zero-order chi connectivity index (χ0) is 33.0. The standard InChI is InChI=1S/C48H36N2/c1-3-11-33(12-4-1)35-19-25-39(26-20-35)49-45-17-9-7-15-41(45)43-31-37(23-29-47(43)49)38-24-30-48-44(32-38)42-16-8-10-18-46(42)50(48)40-27-21-36(22-28-40)34-13-5-2-6-14-34/h1,3-4,7-13,15-32H,2,5-6,14H2. The number of hydrogen-bond donors (Lipinski definition) is 0. The summed E-state index contributed by atoms with van der Waals surface area (Å²) in [5.41, 5.74) is 15.0. The van der Waals surface area contributed by atoms with Crippen LogP contribution in [0, 0.1) is 0 Å². The van der Waals surface area contributed by atoms with Crippen molar-refractivity contribution in [2.45, 2.75) is 25.7 Å². The highest BCUT2D eigenvalue weighted by Gasteiger charge is 2.16. The molecule has 0 saturated carbocycles. The van der Waals surface area contributed by atoms with Crippen LogP contribution in [0.15, 0.2) is 170 Å². The van der Waals surface area contributed by atoms with Crippen LogP contribution in [0.2, 0.25) is 0 Å². The van der Waals surface area contributed by atoms with E-state index in [0.717, 1.165) is 0 Å². The topological polar surface area (TPSA) is 9.86 Å². The van der Waals surface area contributed by atoms with Gasteiger partial charge >= 0.3 is 0 Å². The summed E-state index contributed by atoms with van der Waals surface area (Å²) in [6.45, 7) is 0. The van der Waals surface area contributed by atoms with Gasteiger partial charge in [-0.1, -0.05) is 109 Å². The monoisotopic (exact) mass is 640 g/mol. The first kappa shape index (κ1) is 28.9. The fraction of sp³-hybridized carbons (Fsp3) is 0.0833. The van der Waals surface area contributed by atoms with Crippen LogP contribution in [0.4, 0.5) is 0 Å². The minimum atomic E-state index is 1.17. The van der Waals surface area contributed by atoms with Crippen molar-refractivity contribution in [3.05, 3.63) is 175 Å². The van der Waals surface area contributed by atoms with Crippen molar-refractivity contribution >= 4 is 49.2 Å². The van der Waals surface area contributed by atoms with Gasteiger partial charge in [0.15, 0.2) is 0 Å². The third kappa shape index (κ3) is 4.71. The van der Waals surface area contributed by atoms with Crippen LogP contribution < -0.4 is 0 Å². The van der Waals surface area contributed by atoms with Gasteiger partial charge in [0.1, 0.15) is 0 Å². The van der Waals surface area contributed by atoms with E-state index in [4.69, 9.17) is 0 Å². The molecule has 1 aliphatic carbocycles. The number of nitrogens with zero attached hydrogens (tertiary/aromatic N) is 2. The minimum absolute atomic E-state index is 1.17. The van der Waals surface area contributed by atoms with Gasteiger partial charge in [0.05, 0.1) is 22.1 Å². The van der Waals surface area contributed by atoms with Gasteiger partial charge in [-0.25, -0.2) is 0 Å². The molecule has 1 aliphatic rings. The van der Waals surface area contributed by atoms with E-state index in [9.17, 15) is 0 Å².